The minimum absolute atomic E-state index is 0.228. The summed E-state index contributed by atoms with van der Waals surface area (Å²) in [5, 5.41) is 11.5. The lowest BCUT2D eigenvalue weighted by Crippen LogP contribution is -2.29. The van der Waals surface area contributed by atoms with Crippen LogP contribution in [-0.2, 0) is 10.0 Å². The molecule has 0 spiro atoms. The van der Waals surface area contributed by atoms with Crippen molar-refractivity contribution < 1.29 is 13.2 Å². The van der Waals surface area contributed by atoms with Crippen molar-refractivity contribution >= 4 is 33.0 Å². The van der Waals surface area contributed by atoms with Gasteiger partial charge >= 0.3 is 0 Å². The number of aryl methyl sites for hydroxylation is 1. The Bertz CT molecular complexity index is 846. The fourth-order valence-electron chi connectivity index (χ4n) is 2.67. The molecule has 2 aromatic rings. The van der Waals surface area contributed by atoms with E-state index in [1.165, 1.54) is 10.6 Å². The molecule has 0 radical (unpaired) electrons. The van der Waals surface area contributed by atoms with Crippen molar-refractivity contribution in [1.29, 1.82) is 0 Å². The predicted octanol–water partition coefficient (Wildman–Crippen LogP) is 2.20. The molecule has 1 aromatic carbocycles. The normalized spacial score (nSPS) is 18.7. The number of carbonyl (C=O) groups excluding carboxylic acids is 1. The molecule has 1 aromatic heterocycles. The first-order valence-electron chi connectivity index (χ1n) is 7.53. The summed E-state index contributed by atoms with van der Waals surface area (Å²) < 4.78 is 25.1. The molecule has 0 unspecified atom stereocenters. The second-order valence-electron chi connectivity index (χ2n) is 5.80. The van der Waals surface area contributed by atoms with Crippen molar-refractivity contribution in [2.45, 2.75) is 25.8 Å². The molecule has 1 atom stereocenters. The summed E-state index contributed by atoms with van der Waals surface area (Å²) in [6.07, 6.45) is 2.67. The van der Waals surface area contributed by atoms with Gasteiger partial charge in [0.1, 0.15) is 5.01 Å². The van der Waals surface area contributed by atoms with E-state index in [1.807, 2.05) is 31.2 Å². The van der Waals surface area contributed by atoms with Crippen LogP contribution in [0.1, 0.15) is 39.3 Å². The topological polar surface area (TPSA) is 92.3 Å². The van der Waals surface area contributed by atoms with Gasteiger partial charge in [0.25, 0.3) is 5.91 Å². The fraction of sp³-hybridized carbons (Fsp3) is 0.400. The Balaban J connectivity index is 1.75. The van der Waals surface area contributed by atoms with Crippen LogP contribution in [-0.4, -0.2) is 41.6 Å². The highest BCUT2D eigenvalue weighted by Crippen LogP contribution is 2.35. The van der Waals surface area contributed by atoms with Gasteiger partial charge in [0.05, 0.1) is 12.3 Å². The number of sulfonamides is 1. The highest BCUT2D eigenvalue weighted by Gasteiger charge is 2.35. The van der Waals surface area contributed by atoms with Crippen LogP contribution in [0.5, 0.6) is 0 Å². The third kappa shape index (κ3) is 3.63. The minimum atomic E-state index is -3.29. The molecule has 1 fully saturated rings. The Morgan fingerprint density at radius 3 is 2.67 bits per heavy atom. The molecule has 1 amide bonds. The molecule has 0 bridgehead atoms. The first-order valence-corrected chi connectivity index (χ1v) is 10.2. The summed E-state index contributed by atoms with van der Waals surface area (Å²) in [5.41, 5.74) is 1.79. The number of benzene rings is 1. The van der Waals surface area contributed by atoms with Gasteiger partial charge in [0, 0.05) is 12.2 Å². The second-order valence-corrected chi connectivity index (χ2v) is 8.74. The average molecular weight is 366 g/mol. The van der Waals surface area contributed by atoms with E-state index in [1.54, 1.807) is 0 Å². The fourth-order valence-corrected chi connectivity index (χ4v) is 4.75. The summed E-state index contributed by atoms with van der Waals surface area (Å²) >= 11 is 1.14. The van der Waals surface area contributed by atoms with E-state index in [4.69, 9.17) is 0 Å². The van der Waals surface area contributed by atoms with E-state index < -0.39 is 10.0 Å². The number of amides is 1. The lowest BCUT2D eigenvalue weighted by atomic mass is 10.2. The highest BCUT2D eigenvalue weighted by molar-refractivity contribution is 7.88. The molecule has 1 aliphatic heterocycles. The number of nitrogens with zero attached hydrogens (tertiary/aromatic N) is 3. The number of anilines is 1. The molecule has 3 rings (SSSR count). The van der Waals surface area contributed by atoms with Crippen molar-refractivity contribution in [2.75, 3.05) is 18.1 Å². The van der Waals surface area contributed by atoms with Crippen molar-refractivity contribution in [3.8, 4) is 0 Å². The zero-order chi connectivity index (χ0) is 17.3. The van der Waals surface area contributed by atoms with E-state index in [2.05, 4.69) is 15.5 Å². The number of carbonyl (C=O) groups is 1. The molecule has 9 heteroatoms. The van der Waals surface area contributed by atoms with E-state index in [0.717, 1.165) is 23.3 Å². The quantitative estimate of drug-likeness (QED) is 0.895. The van der Waals surface area contributed by atoms with Crippen molar-refractivity contribution in [3.05, 3.63) is 39.8 Å². The molecular formula is C15H18N4O3S2. The first kappa shape index (κ1) is 17.0. The van der Waals surface area contributed by atoms with Crippen molar-refractivity contribution in [1.82, 2.24) is 14.5 Å². The molecule has 2 heterocycles. The summed E-state index contributed by atoms with van der Waals surface area (Å²) in [5.74, 6) is -0.341. The van der Waals surface area contributed by atoms with Crippen LogP contribution in [0, 0.1) is 6.92 Å². The van der Waals surface area contributed by atoms with Gasteiger partial charge in [-0.1, -0.05) is 29.0 Å². The van der Waals surface area contributed by atoms with Crippen LogP contribution in [0.25, 0.3) is 0 Å². The maximum Gasteiger partial charge on any atom is 0.286 e. The highest BCUT2D eigenvalue weighted by atomic mass is 32.2. The van der Waals surface area contributed by atoms with Gasteiger partial charge in [-0.25, -0.2) is 8.42 Å². The maximum atomic E-state index is 12.3. The number of rotatable bonds is 4. The zero-order valence-corrected chi connectivity index (χ0v) is 15.0. The van der Waals surface area contributed by atoms with Gasteiger partial charge < -0.3 is 5.32 Å². The molecule has 0 saturated carbocycles. The van der Waals surface area contributed by atoms with Gasteiger partial charge in [0.2, 0.25) is 15.0 Å². The number of aromatic nitrogens is 2. The molecular weight excluding hydrogens is 348 g/mol. The molecule has 24 heavy (non-hydrogen) atoms. The Labute approximate surface area is 144 Å². The van der Waals surface area contributed by atoms with Gasteiger partial charge in [-0.05, 0) is 31.9 Å². The summed E-state index contributed by atoms with van der Waals surface area (Å²) in [6.45, 7) is 2.45. The minimum Gasteiger partial charge on any atom is -0.320 e. The Hall–Kier alpha value is -1.84. The Morgan fingerprint density at radius 2 is 2.00 bits per heavy atom. The number of nitrogens with one attached hydrogen (secondary N) is 1. The van der Waals surface area contributed by atoms with Crippen molar-refractivity contribution in [2.24, 2.45) is 0 Å². The van der Waals surface area contributed by atoms with Crippen LogP contribution < -0.4 is 5.32 Å². The smallest absolute Gasteiger partial charge is 0.286 e. The van der Waals surface area contributed by atoms with Crippen LogP contribution in [0.2, 0.25) is 0 Å². The SMILES string of the molecule is Cc1ccc(NC(=O)c2nnc([C@@H]3CCCN3S(C)(=O)=O)s2)cc1. The van der Waals surface area contributed by atoms with Gasteiger partial charge in [-0.15, -0.1) is 10.2 Å². The largest absolute Gasteiger partial charge is 0.320 e. The Morgan fingerprint density at radius 1 is 1.29 bits per heavy atom. The lowest BCUT2D eigenvalue weighted by Gasteiger charge is -2.19. The van der Waals surface area contributed by atoms with Gasteiger partial charge in [0.15, 0.2) is 0 Å². The lowest BCUT2D eigenvalue weighted by molar-refractivity contribution is 0.102. The molecule has 0 aliphatic carbocycles. The second kappa shape index (κ2) is 6.58. The molecule has 128 valence electrons. The molecule has 1 N–H and O–H groups in total. The van der Waals surface area contributed by atoms with E-state index in [0.29, 0.717) is 23.7 Å². The number of hydrogen-bond donors (Lipinski definition) is 1. The number of hydrogen-bond acceptors (Lipinski definition) is 6. The summed E-state index contributed by atoms with van der Waals surface area (Å²) in [7, 11) is -3.29. The molecule has 7 nitrogen and oxygen atoms in total. The summed E-state index contributed by atoms with van der Waals surface area (Å²) in [4.78, 5) is 12.3. The van der Waals surface area contributed by atoms with Crippen LogP contribution >= 0.6 is 11.3 Å². The van der Waals surface area contributed by atoms with Crippen molar-refractivity contribution in [3.63, 3.8) is 0 Å². The average Bonchev–Trinajstić information content (AvgIpc) is 3.17. The van der Waals surface area contributed by atoms with Crippen LogP contribution in [0.4, 0.5) is 5.69 Å². The Kier molecular flexibility index (Phi) is 4.66. The maximum absolute atomic E-state index is 12.3. The standard InChI is InChI=1S/C15H18N4O3S2/c1-10-5-7-11(8-6-10)16-13(20)15-18-17-14(23-15)12-4-3-9-19(12)24(2,21)22/h5-8,12H,3-4,9H2,1-2H3,(H,16,20)/t12-/m0/s1. The predicted molar refractivity (Wildman–Crippen MR) is 92.6 cm³/mol. The van der Waals surface area contributed by atoms with E-state index >= 15 is 0 Å². The third-order valence-corrected chi connectivity index (χ3v) is 6.17. The molecule has 1 aliphatic rings. The van der Waals surface area contributed by atoms with Gasteiger partial charge in [-0.3, -0.25) is 4.79 Å². The molecule has 1 saturated heterocycles. The first-order chi connectivity index (χ1) is 11.3. The van der Waals surface area contributed by atoms with Gasteiger partial charge in [-0.2, -0.15) is 4.31 Å². The summed E-state index contributed by atoms with van der Waals surface area (Å²) in [6, 6.07) is 7.13. The van der Waals surface area contributed by atoms with Crippen LogP contribution in [0.15, 0.2) is 24.3 Å². The zero-order valence-electron chi connectivity index (χ0n) is 13.4. The monoisotopic (exact) mass is 366 g/mol. The van der Waals surface area contributed by atoms with E-state index in [-0.39, 0.29) is 17.0 Å². The third-order valence-electron chi connectivity index (χ3n) is 3.86. The van der Waals surface area contributed by atoms with E-state index in [9.17, 15) is 13.2 Å². The van der Waals surface area contributed by atoms with Crippen LogP contribution in [0.3, 0.4) is 0 Å².